The van der Waals surface area contributed by atoms with E-state index in [-0.39, 0.29) is 0 Å². The van der Waals surface area contributed by atoms with Crippen LogP contribution in [0.4, 0.5) is 0 Å². The van der Waals surface area contributed by atoms with E-state index >= 15 is 0 Å². The van der Waals surface area contributed by atoms with E-state index < -0.39 is 0 Å². The molecule has 2 rings (SSSR count). The third-order valence-electron chi connectivity index (χ3n) is 4.72. The van der Waals surface area contributed by atoms with Gasteiger partial charge in [-0.1, -0.05) is 27.7 Å². The van der Waals surface area contributed by atoms with Crippen molar-refractivity contribution in [3.8, 4) is 17.0 Å². The molecule has 1 heterocycles. The molecule has 0 radical (unpaired) electrons. The summed E-state index contributed by atoms with van der Waals surface area (Å²) in [5, 5.41) is 6.97. The lowest BCUT2D eigenvalue weighted by Gasteiger charge is -2.22. The molecule has 4 heteroatoms. The Labute approximate surface area is 138 Å². The number of aromatic nitrogens is 2. The average Bonchev–Trinajstić information content (AvgIpc) is 3.07. The first kappa shape index (κ1) is 17.3. The van der Waals surface area contributed by atoms with Crippen LogP contribution in [0.2, 0.25) is 0 Å². The predicted molar refractivity (Wildman–Crippen MR) is 93.4 cm³/mol. The minimum Gasteiger partial charge on any atom is -0.496 e. The van der Waals surface area contributed by atoms with Crippen molar-refractivity contribution >= 4 is 6.29 Å². The highest BCUT2D eigenvalue weighted by atomic mass is 16.5. The first-order chi connectivity index (χ1) is 11.1. The maximum Gasteiger partial charge on any atom is 0.153 e. The van der Waals surface area contributed by atoms with Gasteiger partial charge in [-0.15, -0.1) is 0 Å². The first-order valence-electron chi connectivity index (χ1n) is 8.27. The predicted octanol–water partition coefficient (Wildman–Crippen LogP) is 4.92. The second-order valence-corrected chi connectivity index (χ2v) is 6.12. The van der Waals surface area contributed by atoms with Gasteiger partial charge in [0, 0.05) is 5.56 Å². The quantitative estimate of drug-likeness (QED) is 0.738. The zero-order valence-corrected chi connectivity index (χ0v) is 14.6. The van der Waals surface area contributed by atoms with E-state index in [1.165, 1.54) is 11.1 Å². The Morgan fingerprint density at radius 2 is 1.74 bits per heavy atom. The van der Waals surface area contributed by atoms with Gasteiger partial charge in [-0.2, -0.15) is 5.10 Å². The lowest BCUT2D eigenvalue weighted by molar-refractivity contribution is 0.112. The largest absolute Gasteiger partial charge is 0.496 e. The summed E-state index contributed by atoms with van der Waals surface area (Å²) in [5.74, 6) is 1.75. The lowest BCUT2D eigenvalue weighted by Crippen LogP contribution is -2.04. The minimum atomic E-state index is 0.385. The van der Waals surface area contributed by atoms with Crippen LogP contribution in [0.3, 0.4) is 0 Å². The van der Waals surface area contributed by atoms with Crippen molar-refractivity contribution in [2.24, 2.45) is 0 Å². The molecule has 0 spiro atoms. The van der Waals surface area contributed by atoms with E-state index in [4.69, 9.17) is 4.74 Å². The van der Waals surface area contributed by atoms with Crippen molar-refractivity contribution in [3.63, 3.8) is 0 Å². The lowest BCUT2D eigenvalue weighted by atomic mass is 9.87. The summed E-state index contributed by atoms with van der Waals surface area (Å²) in [5.41, 5.74) is 4.73. The topological polar surface area (TPSA) is 55.0 Å². The van der Waals surface area contributed by atoms with Gasteiger partial charge in [-0.3, -0.25) is 9.89 Å². The molecule has 2 unspecified atom stereocenters. The number of hydrogen-bond acceptors (Lipinski definition) is 3. The molecule has 23 heavy (non-hydrogen) atoms. The number of ether oxygens (including phenoxy) is 1. The van der Waals surface area contributed by atoms with E-state index in [1.807, 2.05) is 0 Å². The SMILES string of the molecule is CCC(C)c1cc(-c2[nH]ncc2C=O)cc(C(C)CC)c1OC. The Morgan fingerprint density at radius 3 is 2.17 bits per heavy atom. The number of carbonyl (C=O) groups excluding carboxylic acids is 1. The number of rotatable bonds is 7. The number of nitrogens with one attached hydrogen (secondary N) is 1. The zero-order valence-electron chi connectivity index (χ0n) is 14.6. The van der Waals surface area contributed by atoms with E-state index in [2.05, 4.69) is 50.0 Å². The van der Waals surface area contributed by atoms with Crippen LogP contribution in [-0.2, 0) is 0 Å². The third-order valence-corrected chi connectivity index (χ3v) is 4.72. The number of aromatic amines is 1. The van der Waals surface area contributed by atoms with E-state index in [1.54, 1.807) is 13.3 Å². The second-order valence-electron chi connectivity index (χ2n) is 6.12. The van der Waals surface area contributed by atoms with E-state index in [0.29, 0.717) is 17.4 Å². The molecule has 0 aliphatic rings. The maximum atomic E-state index is 11.3. The summed E-state index contributed by atoms with van der Waals surface area (Å²) >= 11 is 0. The van der Waals surface area contributed by atoms with Crippen LogP contribution in [-0.4, -0.2) is 23.6 Å². The number of aldehydes is 1. The van der Waals surface area contributed by atoms with Gasteiger partial charge in [-0.25, -0.2) is 0 Å². The highest BCUT2D eigenvalue weighted by Gasteiger charge is 2.20. The molecular weight excluding hydrogens is 288 g/mol. The Morgan fingerprint density at radius 1 is 1.17 bits per heavy atom. The highest BCUT2D eigenvalue weighted by Crippen LogP contribution is 2.40. The van der Waals surface area contributed by atoms with Crippen molar-refractivity contribution in [3.05, 3.63) is 35.0 Å². The molecule has 0 amide bonds. The van der Waals surface area contributed by atoms with Crippen molar-refractivity contribution in [1.29, 1.82) is 0 Å². The Balaban J connectivity index is 2.71. The minimum absolute atomic E-state index is 0.385. The fraction of sp³-hybridized carbons (Fsp3) is 0.474. The number of nitrogens with zero attached hydrogens (tertiary/aromatic N) is 1. The van der Waals surface area contributed by atoms with E-state index in [0.717, 1.165) is 36.1 Å². The van der Waals surface area contributed by atoms with Gasteiger partial charge >= 0.3 is 0 Å². The van der Waals surface area contributed by atoms with Crippen molar-refractivity contribution < 1.29 is 9.53 Å². The molecule has 0 saturated carbocycles. The van der Waals surface area contributed by atoms with Crippen LogP contribution in [0.5, 0.6) is 5.75 Å². The number of hydrogen-bond donors (Lipinski definition) is 1. The average molecular weight is 314 g/mol. The van der Waals surface area contributed by atoms with Gasteiger partial charge in [0.05, 0.1) is 24.6 Å². The molecule has 0 fully saturated rings. The van der Waals surface area contributed by atoms with Crippen LogP contribution in [0.1, 0.15) is 73.9 Å². The fourth-order valence-electron chi connectivity index (χ4n) is 2.84. The molecule has 0 saturated heterocycles. The van der Waals surface area contributed by atoms with Crippen LogP contribution < -0.4 is 4.74 Å². The second kappa shape index (κ2) is 7.44. The Hall–Kier alpha value is -2.10. The smallest absolute Gasteiger partial charge is 0.153 e. The van der Waals surface area contributed by atoms with Gasteiger partial charge < -0.3 is 4.74 Å². The summed E-state index contributed by atoms with van der Waals surface area (Å²) < 4.78 is 5.76. The van der Waals surface area contributed by atoms with Gasteiger partial charge in [0.25, 0.3) is 0 Å². The van der Waals surface area contributed by atoms with Crippen LogP contribution >= 0.6 is 0 Å². The van der Waals surface area contributed by atoms with Crippen LogP contribution in [0, 0.1) is 0 Å². The van der Waals surface area contributed by atoms with Crippen molar-refractivity contribution in [2.45, 2.75) is 52.4 Å². The fourth-order valence-corrected chi connectivity index (χ4v) is 2.84. The molecule has 1 aromatic heterocycles. The van der Waals surface area contributed by atoms with Crippen molar-refractivity contribution in [1.82, 2.24) is 10.2 Å². The molecule has 124 valence electrons. The number of H-pyrrole nitrogens is 1. The summed E-state index contributed by atoms with van der Waals surface area (Å²) in [6.45, 7) is 8.75. The van der Waals surface area contributed by atoms with Crippen LogP contribution in [0.25, 0.3) is 11.3 Å². The Bertz CT molecular complexity index is 645. The van der Waals surface area contributed by atoms with Gasteiger partial charge in [-0.05, 0) is 47.9 Å². The molecule has 0 bridgehead atoms. The summed E-state index contributed by atoms with van der Waals surface area (Å²) in [6.07, 6.45) is 4.47. The maximum absolute atomic E-state index is 11.3. The monoisotopic (exact) mass is 314 g/mol. The number of methoxy groups -OCH3 is 1. The van der Waals surface area contributed by atoms with Crippen molar-refractivity contribution in [2.75, 3.05) is 7.11 Å². The highest BCUT2D eigenvalue weighted by molar-refractivity contribution is 5.85. The van der Waals surface area contributed by atoms with Gasteiger partial charge in [0.15, 0.2) is 6.29 Å². The number of carbonyl (C=O) groups is 1. The molecular formula is C19H26N2O2. The Kier molecular flexibility index (Phi) is 5.59. The molecule has 2 atom stereocenters. The van der Waals surface area contributed by atoms with Gasteiger partial charge in [0.2, 0.25) is 0 Å². The normalized spacial score (nSPS) is 13.6. The first-order valence-corrected chi connectivity index (χ1v) is 8.27. The van der Waals surface area contributed by atoms with Crippen LogP contribution in [0.15, 0.2) is 18.3 Å². The molecule has 4 nitrogen and oxygen atoms in total. The molecule has 2 aromatic rings. The van der Waals surface area contributed by atoms with Gasteiger partial charge in [0.1, 0.15) is 5.75 Å². The summed E-state index contributed by atoms with van der Waals surface area (Å²) in [4.78, 5) is 11.3. The number of benzene rings is 1. The summed E-state index contributed by atoms with van der Waals surface area (Å²) in [7, 11) is 1.74. The molecule has 1 N–H and O–H groups in total. The summed E-state index contributed by atoms with van der Waals surface area (Å²) in [6, 6.07) is 4.25. The zero-order chi connectivity index (χ0) is 17.0. The van der Waals surface area contributed by atoms with E-state index in [9.17, 15) is 4.79 Å². The molecule has 0 aliphatic carbocycles. The third kappa shape index (κ3) is 3.31. The molecule has 0 aliphatic heterocycles. The standard InChI is InChI=1S/C19H26N2O2/c1-6-12(3)16-8-14(18-15(11-22)10-20-21-18)9-17(13(4)7-2)19(16)23-5/h8-13H,6-7H2,1-5H3,(H,20,21). The molecule has 1 aromatic carbocycles.